The molecule has 0 saturated heterocycles. The van der Waals surface area contributed by atoms with Crippen LogP contribution in [0.2, 0.25) is 0 Å². The summed E-state index contributed by atoms with van der Waals surface area (Å²) < 4.78 is 5.12. The lowest BCUT2D eigenvalue weighted by molar-refractivity contribution is -0.121. The van der Waals surface area contributed by atoms with E-state index in [1.165, 1.54) is 7.05 Å². The monoisotopic (exact) mass is 223 g/mol. The molecule has 0 aromatic heterocycles. The standard InChI is InChI=1S/C10H13N3O3/c1-12-10(15)13-9(14)6-16-8-4-2-7(11)3-5-8/h2-5H,6,11H2,1H3,(H2,12,13,14,15). The Morgan fingerprint density at radius 3 is 2.50 bits per heavy atom. The molecule has 1 aromatic carbocycles. The van der Waals surface area contributed by atoms with Crippen molar-refractivity contribution in [1.82, 2.24) is 10.6 Å². The largest absolute Gasteiger partial charge is 0.484 e. The van der Waals surface area contributed by atoms with Gasteiger partial charge in [-0.15, -0.1) is 0 Å². The summed E-state index contributed by atoms with van der Waals surface area (Å²) in [5, 5.41) is 4.33. The Labute approximate surface area is 92.8 Å². The maximum Gasteiger partial charge on any atom is 0.321 e. The fraction of sp³-hybridized carbons (Fsp3) is 0.200. The molecule has 0 aliphatic carbocycles. The van der Waals surface area contributed by atoms with Crippen molar-refractivity contribution in [3.8, 4) is 5.75 Å². The summed E-state index contributed by atoms with van der Waals surface area (Å²) in [5.74, 6) is -0.00238. The number of nitrogens with one attached hydrogen (secondary N) is 2. The van der Waals surface area contributed by atoms with Gasteiger partial charge < -0.3 is 15.8 Å². The minimum Gasteiger partial charge on any atom is -0.484 e. The normalized spacial score (nSPS) is 9.31. The molecular weight excluding hydrogens is 210 g/mol. The lowest BCUT2D eigenvalue weighted by Crippen LogP contribution is -2.39. The Balaban J connectivity index is 2.37. The van der Waals surface area contributed by atoms with Crippen molar-refractivity contribution < 1.29 is 14.3 Å². The number of ether oxygens (including phenoxy) is 1. The molecule has 0 aliphatic heterocycles. The topological polar surface area (TPSA) is 93.5 Å². The molecule has 0 saturated carbocycles. The summed E-state index contributed by atoms with van der Waals surface area (Å²) in [6.07, 6.45) is 0. The number of rotatable bonds is 3. The zero-order valence-electron chi connectivity index (χ0n) is 8.82. The van der Waals surface area contributed by atoms with Crippen LogP contribution >= 0.6 is 0 Å². The Morgan fingerprint density at radius 1 is 1.31 bits per heavy atom. The lowest BCUT2D eigenvalue weighted by atomic mass is 10.3. The molecule has 16 heavy (non-hydrogen) atoms. The summed E-state index contributed by atoms with van der Waals surface area (Å²) in [6, 6.07) is 6.04. The molecule has 0 fully saturated rings. The van der Waals surface area contributed by atoms with E-state index in [9.17, 15) is 9.59 Å². The van der Waals surface area contributed by atoms with E-state index in [0.717, 1.165) is 0 Å². The predicted molar refractivity (Wildman–Crippen MR) is 58.9 cm³/mol. The Hall–Kier alpha value is -2.24. The van der Waals surface area contributed by atoms with E-state index in [-0.39, 0.29) is 6.61 Å². The number of carbonyl (C=O) groups is 2. The summed E-state index contributed by atoms with van der Waals surface area (Å²) >= 11 is 0. The van der Waals surface area contributed by atoms with Crippen molar-refractivity contribution in [1.29, 1.82) is 0 Å². The van der Waals surface area contributed by atoms with Gasteiger partial charge in [-0.2, -0.15) is 0 Å². The number of hydrogen-bond donors (Lipinski definition) is 3. The molecule has 0 atom stereocenters. The van der Waals surface area contributed by atoms with Crippen LogP contribution in [0.15, 0.2) is 24.3 Å². The highest BCUT2D eigenvalue weighted by Gasteiger charge is 2.06. The van der Waals surface area contributed by atoms with Crippen molar-refractivity contribution >= 4 is 17.6 Å². The second-order valence-electron chi connectivity index (χ2n) is 2.99. The number of anilines is 1. The summed E-state index contributed by atoms with van der Waals surface area (Å²) in [6.45, 7) is -0.225. The third-order valence-corrected chi connectivity index (χ3v) is 1.73. The molecule has 0 unspecified atom stereocenters. The zero-order chi connectivity index (χ0) is 12.0. The SMILES string of the molecule is CNC(=O)NC(=O)COc1ccc(N)cc1. The van der Waals surface area contributed by atoms with E-state index in [0.29, 0.717) is 11.4 Å². The second kappa shape index (κ2) is 5.59. The zero-order valence-corrected chi connectivity index (χ0v) is 8.82. The minimum atomic E-state index is -0.564. The highest BCUT2D eigenvalue weighted by molar-refractivity contribution is 5.94. The van der Waals surface area contributed by atoms with E-state index in [1.807, 2.05) is 0 Å². The Kier molecular flexibility index (Phi) is 4.14. The molecule has 0 spiro atoms. The number of nitrogens with two attached hydrogens (primary N) is 1. The average Bonchev–Trinajstić information content (AvgIpc) is 2.28. The van der Waals surface area contributed by atoms with Gasteiger partial charge in [0.15, 0.2) is 6.61 Å². The van der Waals surface area contributed by atoms with E-state index in [1.54, 1.807) is 24.3 Å². The quantitative estimate of drug-likeness (QED) is 0.634. The molecule has 6 nitrogen and oxygen atoms in total. The van der Waals surface area contributed by atoms with E-state index in [2.05, 4.69) is 10.6 Å². The molecule has 1 rings (SSSR count). The first-order chi connectivity index (χ1) is 7.61. The summed E-state index contributed by atoms with van der Waals surface area (Å²) in [7, 11) is 1.42. The molecule has 0 radical (unpaired) electrons. The van der Waals surface area contributed by atoms with E-state index >= 15 is 0 Å². The van der Waals surface area contributed by atoms with Crippen molar-refractivity contribution in [2.75, 3.05) is 19.4 Å². The molecule has 0 bridgehead atoms. The number of carbonyl (C=O) groups excluding carboxylic acids is 2. The van der Waals surface area contributed by atoms with Gasteiger partial charge in [-0.1, -0.05) is 0 Å². The smallest absolute Gasteiger partial charge is 0.321 e. The molecular formula is C10H13N3O3. The first-order valence-electron chi connectivity index (χ1n) is 4.61. The Bertz CT molecular complexity index is 375. The molecule has 0 heterocycles. The number of imide groups is 1. The van der Waals surface area contributed by atoms with Crippen LogP contribution in [-0.2, 0) is 4.79 Å². The third-order valence-electron chi connectivity index (χ3n) is 1.73. The van der Waals surface area contributed by atoms with Crippen LogP contribution in [0.25, 0.3) is 0 Å². The molecule has 86 valence electrons. The second-order valence-corrected chi connectivity index (χ2v) is 2.99. The van der Waals surface area contributed by atoms with Crippen molar-refractivity contribution in [3.05, 3.63) is 24.3 Å². The number of urea groups is 1. The highest BCUT2D eigenvalue weighted by atomic mass is 16.5. The molecule has 1 aromatic rings. The lowest BCUT2D eigenvalue weighted by Gasteiger charge is -2.06. The van der Waals surface area contributed by atoms with Crippen LogP contribution in [0.4, 0.5) is 10.5 Å². The molecule has 6 heteroatoms. The predicted octanol–water partition coefficient (Wildman–Crippen LogP) is 0.103. The van der Waals surface area contributed by atoms with Crippen LogP contribution in [0.5, 0.6) is 5.75 Å². The number of hydrogen-bond acceptors (Lipinski definition) is 4. The van der Waals surface area contributed by atoms with Crippen LogP contribution in [0.1, 0.15) is 0 Å². The van der Waals surface area contributed by atoms with Gasteiger partial charge in [0, 0.05) is 12.7 Å². The number of benzene rings is 1. The first kappa shape index (κ1) is 11.8. The van der Waals surface area contributed by atoms with Gasteiger partial charge in [0.05, 0.1) is 0 Å². The molecule has 3 amide bonds. The Morgan fingerprint density at radius 2 is 1.94 bits per heavy atom. The van der Waals surface area contributed by atoms with E-state index in [4.69, 9.17) is 10.5 Å². The maximum absolute atomic E-state index is 11.1. The molecule has 0 aliphatic rings. The van der Waals surface area contributed by atoms with Gasteiger partial charge in [0.25, 0.3) is 5.91 Å². The number of nitrogen functional groups attached to an aromatic ring is 1. The van der Waals surface area contributed by atoms with Crippen LogP contribution in [0, 0.1) is 0 Å². The van der Waals surface area contributed by atoms with Crippen LogP contribution in [-0.4, -0.2) is 25.6 Å². The average molecular weight is 223 g/mol. The van der Waals surface area contributed by atoms with Gasteiger partial charge in [-0.3, -0.25) is 10.1 Å². The first-order valence-corrected chi connectivity index (χ1v) is 4.61. The number of amides is 3. The fourth-order valence-corrected chi connectivity index (χ4v) is 0.938. The van der Waals surface area contributed by atoms with Crippen LogP contribution < -0.4 is 21.1 Å². The van der Waals surface area contributed by atoms with Gasteiger partial charge >= 0.3 is 6.03 Å². The minimum absolute atomic E-state index is 0.225. The third kappa shape index (κ3) is 3.87. The van der Waals surface area contributed by atoms with Gasteiger partial charge in [0.2, 0.25) is 0 Å². The van der Waals surface area contributed by atoms with Gasteiger partial charge in [0.1, 0.15) is 5.75 Å². The maximum atomic E-state index is 11.1. The van der Waals surface area contributed by atoms with Crippen LogP contribution in [0.3, 0.4) is 0 Å². The van der Waals surface area contributed by atoms with Gasteiger partial charge in [-0.25, -0.2) is 4.79 Å². The van der Waals surface area contributed by atoms with Crippen molar-refractivity contribution in [3.63, 3.8) is 0 Å². The summed E-state index contributed by atoms with van der Waals surface area (Å²) in [5.41, 5.74) is 6.09. The van der Waals surface area contributed by atoms with Gasteiger partial charge in [-0.05, 0) is 24.3 Å². The fourth-order valence-electron chi connectivity index (χ4n) is 0.938. The van der Waals surface area contributed by atoms with E-state index < -0.39 is 11.9 Å². The highest BCUT2D eigenvalue weighted by Crippen LogP contribution is 2.12. The van der Waals surface area contributed by atoms with Crippen molar-refractivity contribution in [2.45, 2.75) is 0 Å². The molecule has 4 N–H and O–H groups in total. The summed E-state index contributed by atoms with van der Waals surface area (Å²) in [4.78, 5) is 21.9. The van der Waals surface area contributed by atoms with Crippen molar-refractivity contribution in [2.24, 2.45) is 0 Å².